The molecular formula is C11H18N4O3S. The Kier molecular flexibility index (Phi) is 4.73. The maximum Gasteiger partial charge on any atom is 0.244 e. The Hall–Kier alpha value is -1.80. The van der Waals surface area contributed by atoms with Gasteiger partial charge in [-0.1, -0.05) is 6.07 Å². The highest BCUT2D eigenvalue weighted by Gasteiger charge is 2.21. The van der Waals surface area contributed by atoms with E-state index in [1.807, 2.05) is 0 Å². The van der Waals surface area contributed by atoms with Gasteiger partial charge in [0.05, 0.1) is 17.9 Å². The minimum atomic E-state index is -3.61. The van der Waals surface area contributed by atoms with Gasteiger partial charge in [-0.2, -0.15) is 0 Å². The largest absolute Gasteiger partial charge is 0.396 e. The summed E-state index contributed by atoms with van der Waals surface area (Å²) in [4.78, 5) is 11.2. The monoisotopic (exact) mass is 286 g/mol. The number of carbonyl (C=O) groups excluding carboxylic acids is 1. The van der Waals surface area contributed by atoms with Crippen LogP contribution in [0.4, 0.5) is 11.4 Å². The number of carbonyl (C=O) groups is 1. The molecule has 1 rings (SSSR count). The molecule has 0 saturated heterocycles. The highest BCUT2D eigenvalue weighted by Crippen LogP contribution is 2.27. The Bertz CT molecular complexity index is 569. The lowest BCUT2D eigenvalue weighted by Gasteiger charge is -2.16. The number of benzene rings is 1. The zero-order valence-electron chi connectivity index (χ0n) is 11.1. The molecule has 0 atom stereocenters. The number of nitrogens with two attached hydrogens (primary N) is 1. The van der Waals surface area contributed by atoms with Gasteiger partial charge in [0.15, 0.2) is 0 Å². The lowest BCUT2D eigenvalue weighted by atomic mass is 10.2. The van der Waals surface area contributed by atoms with Crippen LogP contribution in [0.3, 0.4) is 0 Å². The fraction of sp³-hybridized carbons (Fsp3) is 0.364. The summed E-state index contributed by atoms with van der Waals surface area (Å²) in [6.45, 7) is 0.0200. The molecule has 1 aromatic carbocycles. The van der Waals surface area contributed by atoms with Crippen molar-refractivity contribution in [1.29, 1.82) is 0 Å². The first kappa shape index (κ1) is 15.3. The van der Waals surface area contributed by atoms with E-state index in [1.54, 1.807) is 12.1 Å². The predicted octanol–water partition coefficient (Wildman–Crippen LogP) is -0.323. The smallest absolute Gasteiger partial charge is 0.244 e. The first-order valence-electron chi connectivity index (χ1n) is 5.56. The van der Waals surface area contributed by atoms with Crippen molar-refractivity contribution in [3.05, 3.63) is 18.2 Å². The minimum Gasteiger partial charge on any atom is -0.396 e. The number of hydrogen-bond donors (Lipinski definition) is 3. The van der Waals surface area contributed by atoms with E-state index in [1.165, 1.54) is 27.2 Å². The van der Waals surface area contributed by atoms with E-state index in [-0.39, 0.29) is 23.0 Å². The molecular weight excluding hydrogens is 268 g/mol. The molecule has 0 aliphatic carbocycles. The van der Waals surface area contributed by atoms with Gasteiger partial charge in [0.1, 0.15) is 4.90 Å². The quantitative estimate of drug-likeness (QED) is 0.643. The Morgan fingerprint density at radius 2 is 2.00 bits per heavy atom. The van der Waals surface area contributed by atoms with Crippen LogP contribution in [-0.2, 0) is 14.8 Å². The molecule has 4 N–H and O–H groups in total. The van der Waals surface area contributed by atoms with Gasteiger partial charge in [-0.3, -0.25) is 4.79 Å². The van der Waals surface area contributed by atoms with Gasteiger partial charge in [-0.15, -0.1) is 0 Å². The molecule has 1 aromatic rings. The third-order valence-electron chi connectivity index (χ3n) is 2.54. The van der Waals surface area contributed by atoms with Crippen LogP contribution in [0.25, 0.3) is 0 Å². The van der Waals surface area contributed by atoms with Crippen molar-refractivity contribution in [1.82, 2.24) is 9.62 Å². The molecule has 0 radical (unpaired) electrons. The maximum absolute atomic E-state index is 12.0. The van der Waals surface area contributed by atoms with Crippen LogP contribution in [-0.4, -0.2) is 46.3 Å². The SMILES string of the molecule is CNC(=O)CNc1cccc(S(=O)(=O)N(C)C)c1N. The lowest BCUT2D eigenvalue weighted by molar-refractivity contribution is -0.118. The van der Waals surface area contributed by atoms with Gasteiger partial charge in [0.2, 0.25) is 15.9 Å². The minimum absolute atomic E-state index is 0.0133. The average Bonchev–Trinajstić information content (AvgIpc) is 2.36. The number of hydrogen-bond acceptors (Lipinski definition) is 5. The van der Waals surface area contributed by atoms with E-state index < -0.39 is 10.0 Å². The van der Waals surface area contributed by atoms with Crippen LogP contribution in [0.5, 0.6) is 0 Å². The maximum atomic E-state index is 12.0. The van der Waals surface area contributed by atoms with Crippen LogP contribution in [0.2, 0.25) is 0 Å². The number of anilines is 2. The standard InChI is InChI=1S/C11H18N4O3S/c1-13-10(16)7-14-8-5-4-6-9(11(8)12)19(17,18)15(2)3/h4-6,14H,7,12H2,1-3H3,(H,13,16). The van der Waals surface area contributed by atoms with E-state index >= 15 is 0 Å². The third-order valence-corrected chi connectivity index (χ3v) is 4.42. The highest BCUT2D eigenvalue weighted by atomic mass is 32.2. The summed E-state index contributed by atoms with van der Waals surface area (Å²) < 4.78 is 25.2. The third kappa shape index (κ3) is 3.36. The van der Waals surface area contributed by atoms with E-state index in [4.69, 9.17) is 5.73 Å². The Morgan fingerprint density at radius 1 is 1.37 bits per heavy atom. The van der Waals surface area contributed by atoms with Crippen LogP contribution in [0.15, 0.2) is 23.1 Å². The molecule has 8 heteroatoms. The highest BCUT2D eigenvalue weighted by molar-refractivity contribution is 7.89. The number of amides is 1. The predicted molar refractivity (Wildman–Crippen MR) is 74.3 cm³/mol. The summed E-state index contributed by atoms with van der Waals surface area (Å²) >= 11 is 0. The molecule has 0 aliphatic heterocycles. The van der Waals surface area contributed by atoms with Crippen molar-refractivity contribution in [2.45, 2.75) is 4.90 Å². The topological polar surface area (TPSA) is 105 Å². The number of para-hydroxylation sites is 1. The van der Waals surface area contributed by atoms with Crippen molar-refractivity contribution < 1.29 is 13.2 Å². The first-order valence-corrected chi connectivity index (χ1v) is 7.00. The van der Waals surface area contributed by atoms with E-state index in [0.29, 0.717) is 5.69 Å². The second kappa shape index (κ2) is 5.89. The summed E-state index contributed by atoms with van der Waals surface area (Å²) in [5.41, 5.74) is 6.34. The lowest BCUT2D eigenvalue weighted by Crippen LogP contribution is -2.27. The van der Waals surface area contributed by atoms with Crippen LogP contribution in [0, 0.1) is 0 Å². The molecule has 0 spiro atoms. The number of rotatable bonds is 5. The number of likely N-dealkylation sites (N-methyl/N-ethyl adjacent to an activating group) is 1. The van der Waals surface area contributed by atoms with E-state index in [9.17, 15) is 13.2 Å². The van der Waals surface area contributed by atoms with E-state index in [0.717, 1.165) is 4.31 Å². The Balaban J connectivity index is 3.09. The molecule has 106 valence electrons. The summed E-state index contributed by atoms with van der Waals surface area (Å²) in [5.74, 6) is -0.222. The fourth-order valence-electron chi connectivity index (χ4n) is 1.38. The van der Waals surface area contributed by atoms with Crippen LogP contribution in [0.1, 0.15) is 0 Å². The normalized spacial score (nSPS) is 11.4. The zero-order chi connectivity index (χ0) is 14.6. The number of nitrogens with zero attached hydrogens (tertiary/aromatic N) is 1. The van der Waals surface area contributed by atoms with Gasteiger partial charge in [-0.25, -0.2) is 12.7 Å². The molecule has 0 unspecified atom stereocenters. The summed E-state index contributed by atoms with van der Waals surface area (Å²) in [6.07, 6.45) is 0. The van der Waals surface area contributed by atoms with Gasteiger partial charge in [0, 0.05) is 21.1 Å². The molecule has 0 fully saturated rings. The number of nitrogen functional groups attached to an aromatic ring is 1. The van der Waals surface area contributed by atoms with Crippen LogP contribution < -0.4 is 16.4 Å². The Labute approximate surface area is 112 Å². The fourth-order valence-corrected chi connectivity index (χ4v) is 2.42. The second-order valence-corrected chi connectivity index (χ2v) is 6.15. The average molecular weight is 286 g/mol. The van der Waals surface area contributed by atoms with Gasteiger partial charge in [0.25, 0.3) is 0 Å². The summed E-state index contributed by atoms with van der Waals surface area (Å²) in [7, 11) is 0.768. The van der Waals surface area contributed by atoms with E-state index in [2.05, 4.69) is 10.6 Å². The molecule has 0 bridgehead atoms. The van der Waals surface area contributed by atoms with Crippen molar-refractivity contribution in [3.63, 3.8) is 0 Å². The molecule has 0 saturated carbocycles. The molecule has 19 heavy (non-hydrogen) atoms. The number of sulfonamides is 1. The zero-order valence-corrected chi connectivity index (χ0v) is 11.9. The number of nitrogens with one attached hydrogen (secondary N) is 2. The van der Waals surface area contributed by atoms with Gasteiger partial charge >= 0.3 is 0 Å². The molecule has 0 aromatic heterocycles. The summed E-state index contributed by atoms with van der Waals surface area (Å²) in [5, 5.41) is 5.24. The molecule has 0 heterocycles. The van der Waals surface area contributed by atoms with Gasteiger partial charge in [-0.05, 0) is 12.1 Å². The van der Waals surface area contributed by atoms with Crippen molar-refractivity contribution in [2.24, 2.45) is 0 Å². The molecule has 0 aliphatic rings. The Morgan fingerprint density at radius 3 is 2.53 bits per heavy atom. The van der Waals surface area contributed by atoms with Crippen LogP contribution >= 0.6 is 0 Å². The van der Waals surface area contributed by atoms with Crippen molar-refractivity contribution in [3.8, 4) is 0 Å². The first-order chi connectivity index (χ1) is 8.80. The van der Waals surface area contributed by atoms with Gasteiger partial charge < -0.3 is 16.4 Å². The summed E-state index contributed by atoms with van der Waals surface area (Å²) in [6, 6.07) is 4.61. The second-order valence-electron chi connectivity index (χ2n) is 4.03. The molecule has 1 amide bonds. The van der Waals surface area contributed by atoms with Crippen molar-refractivity contribution in [2.75, 3.05) is 38.7 Å². The van der Waals surface area contributed by atoms with Crippen molar-refractivity contribution >= 4 is 27.3 Å². The molecule has 7 nitrogen and oxygen atoms in total.